The van der Waals surface area contributed by atoms with Crippen LogP contribution in [0.5, 0.6) is 0 Å². The minimum absolute atomic E-state index is 0.119. The Hall–Kier alpha value is -0.260. The first-order valence-corrected chi connectivity index (χ1v) is 4.79. The molecule has 0 saturated carbocycles. The topological polar surface area (TPSA) is 0 Å². The number of allylic oxidation sites excluding steroid dienone is 1. The Morgan fingerprint density at radius 2 is 1.71 bits per heavy atom. The van der Waals surface area contributed by atoms with Gasteiger partial charge in [0.05, 0.1) is 0 Å². The predicted octanol–water partition coefficient (Wildman–Crippen LogP) is 4.05. The Balaban J connectivity index is 4.50. The lowest BCUT2D eigenvalue weighted by atomic mass is 10.1. The summed E-state index contributed by atoms with van der Waals surface area (Å²) in [5.41, 5.74) is -0.959. The maximum Gasteiger partial charge on any atom is 0.457 e. The molecule has 0 atom stereocenters. The lowest BCUT2D eigenvalue weighted by Gasteiger charge is -2.20. The normalized spacial score (nSPS) is 14.6. The highest BCUT2D eigenvalue weighted by molar-refractivity contribution is 8.01. The molecule has 0 aliphatic rings. The molecule has 0 heterocycles. The molecule has 0 N–H and O–H groups in total. The lowest BCUT2D eigenvalue weighted by molar-refractivity contribution is -0.264. The van der Waals surface area contributed by atoms with Crippen LogP contribution in [0, 0.1) is 5.75 Å². The van der Waals surface area contributed by atoms with E-state index in [9.17, 15) is 22.0 Å². The molecule has 0 unspecified atom stereocenters. The van der Waals surface area contributed by atoms with Gasteiger partial charge in [-0.2, -0.15) is 33.7 Å². The van der Waals surface area contributed by atoms with Crippen LogP contribution in [-0.2, 0) is 0 Å². The van der Waals surface area contributed by atoms with Gasteiger partial charge in [-0.15, -0.1) is 0 Å². The van der Waals surface area contributed by atoms with Gasteiger partial charge in [0.25, 0.3) is 0 Å². The molecule has 0 aliphatic carbocycles. The molecular weight excluding hydrogens is 223 g/mol. The summed E-state index contributed by atoms with van der Waals surface area (Å²) in [6.45, 7) is 2.46. The highest BCUT2D eigenvalue weighted by Gasteiger charge is 2.58. The molecule has 0 rings (SSSR count). The van der Waals surface area contributed by atoms with Crippen LogP contribution in [0.2, 0.25) is 0 Å². The van der Waals surface area contributed by atoms with E-state index in [0.29, 0.717) is 0 Å². The van der Waals surface area contributed by atoms with Crippen LogP contribution < -0.4 is 0 Å². The van der Waals surface area contributed by atoms with Gasteiger partial charge in [-0.1, -0.05) is 13.0 Å². The van der Waals surface area contributed by atoms with Crippen molar-refractivity contribution >= 4 is 11.8 Å². The third-order valence-electron chi connectivity index (χ3n) is 1.50. The van der Waals surface area contributed by atoms with Crippen LogP contribution in [-0.4, -0.2) is 17.9 Å². The van der Waals surface area contributed by atoms with Gasteiger partial charge in [-0.05, 0) is 6.92 Å². The van der Waals surface area contributed by atoms with E-state index in [0.717, 1.165) is 24.8 Å². The van der Waals surface area contributed by atoms with Crippen molar-refractivity contribution in [3.8, 4) is 0 Å². The third-order valence-corrected chi connectivity index (χ3v) is 2.20. The summed E-state index contributed by atoms with van der Waals surface area (Å²) >= 11 is 1.16. The number of hydrogen-bond acceptors (Lipinski definition) is 1. The molecule has 0 bridgehead atoms. The first-order chi connectivity index (χ1) is 6.23. The Labute approximate surface area is 83.6 Å². The first-order valence-electron chi connectivity index (χ1n) is 3.74. The van der Waals surface area contributed by atoms with Crippen molar-refractivity contribution in [2.75, 3.05) is 5.75 Å². The van der Waals surface area contributed by atoms with Crippen LogP contribution in [0.15, 0.2) is 11.6 Å². The van der Waals surface area contributed by atoms with Crippen LogP contribution in [0.1, 0.15) is 13.8 Å². The predicted molar refractivity (Wildman–Crippen MR) is 47.2 cm³/mol. The smallest absolute Gasteiger partial charge is 0.191 e. The van der Waals surface area contributed by atoms with E-state index in [2.05, 4.69) is 0 Å². The molecule has 14 heavy (non-hydrogen) atoms. The summed E-state index contributed by atoms with van der Waals surface area (Å²) in [6, 6.07) is 0. The molecule has 0 fully saturated rings. The maximum atomic E-state index is 12.5. The van der Waals surface area contributed by atoms with Crippen molar-refractivity contribution in [2.45, 2.75) is 25.9 Å². The SMILES string of the molecule is C[CH]SC/C=C(\C)C(F)(F)C(F)(F)F. The Bertz CT molecular complexity index is 206. The minimum Gasteiger partial charge on any atom is -0.191 e. The van der Waals surface area contributed by atoms with E-state index in [1.807, 2.05) is 0 Å². The second-order valence-corrected chi connectivity index (χ2v) is 3.67. The number of thioether (sulfide) groups is 1. The molecule has 0 saturated heterocycles. The van der Waals surface area contributed by atoms with Crippen LogP contribution >= 0.6 is 11.8 Å². The van der Waals surface area contributed by atoms with Crippen molar-refractivity contribution in [3.63, 3.8) is 0 Å². The van der Waals surface area contributed by atoms with Crippen molar-refractivity contribution in [1.82, 2.24) is 0 Å². The fourth-order valence-corrected chi connectivity index (χ4v) is 1.16. The number of alkyl halides is 5. The molecule has 0 aliphatic heterocycles. The first kappa shape index (κ1) is 13.7. The average Bonchev–Trinajstić information content (AvgIpc) is 2.02. The van der Waals surface area contributed by atoms with Crippen molar-refractivity contribution < 1.29 is 22.0 Å². The Morgan fingerprint density at radius 3 is 2.07 bits per heavy atom. The van der Waals surface area contributed by atoms with Gasteiger partial charge in [-0.3, -0.25) is 0 Å². The van der Waals surface area contributed by atoms with Crippen LogP contribution in [0.4, 0.5) is 22.0 Å². The summed E-state index contributed by atoms with van der Waals surface area (Å²) in [6.07, 6.45) is -4.62. The standard InChI is InChI=1S/C8H10F5S/c1-3-14-5-4-6(2)7(9,10)8(11,12)13/h3-4H,5H2,1-2H3/b6-4+. The summed E-state index contributed by atoms with van der Waals surface area (Å²) in [5.74, 6) is -2.98. The Morgan fingerprint density at radius 1 is 1.21 bits per heavy atom. The molecule has 6 heteroatoms. The highest BCUT2D eigenvalue weighted by atomic mass is 32.2. The lowest BCUT2D eigenvalue weighted by Crippen LogP contribution is -2.37. The van der Waals surface area contributed by atoms with E-state index in [-0.39, 0.29) is 5.75 Å². The van der Waals surface area contributed by atoms with Gasteiger partial charge >= 0.3 is 12.1 Å². The monoisotopic (exact) mass is 233 g/mol. The van der Waals surface area contributed by atoms with E-state index >= 15 is 0 Å². The summed E-state index contributed by atoms with van der Waals surface area (Å²) in [5, 5.41) is 0. The zero-order chi connectivity index (χ0) is 11.4. The molecule has 83 valence electrons. The second kappa shape index (κ2) is 5.00. The molecule has 0 nitrogen and oxygen atoms in total. The Kier molecular flexibility index (Phi) is 4.91. The molecule has 0 aromatic carbocycles. The van der Waals surface area contributed by atoms with E-state index < -0.39 is 17.7 Å². The molecule has 0 spiro atoms. The van der Waals surface area contributed by atoms with Crippen LogP contribution in [0.3, 0.4) is 0 Å². The second-order valence-electron chi connectivity index (χ2n) is 2.53. The summed E-state index contributed by atoms with van der Waals surface area (Å²) < 4.78 is 60.4. The van der Waals surface area contributed by atoms with Crippen molar-refractivity contribution in [3.05, 3.63) is 17.4 Å². The van der Waals surface area contributed by atoms with E-state index in [4.69, 9.17) is 0 Å². The van der Waals surface area contributed by atoms with Gasteiger partial charge in [0.2, 0.25) is 0 Å². The summed E-state index contributed by atoms with van der Waals surface area (Å²) in [4.78, 5) is 0. The zero-order valence-electron chi connectivity index (χ0n) is 7.66. The zero-order valence-corrected chi connectivity index (χ0v) is 8.48. The number of rotatable bonds is 4. The van der Waals surface area contributed by atoms with Gasteiger partial charge < -0.3 is 0 Å². The van der Waals surface area contributed by atoms with Gasteiger partial charge in [0, 0.05) is 17.1 Å². The van der Waals surface area contributed by atoms with Gasteiger partial charge in [0.1, 0.15) is 0 Å². The number of hydrogen-bond donors (Lipinski definition) is 0. The fraction of sp³-hybridized carbons (Fsp3) is 0.625. The van der Waals surface area contributed by atoms with E-state index in [1.54, 1.807) is 12.7 Å². The summed E-state index contributed by atoms with van der Waals surface area (Å²) in [7, 11) is 0. The minimum atomic E-state index is -5.51. The molecular formula is C8H10F5S. The number of halogens is 5. The maximum absolute atomic E-state index is 12.5. The largest absolute Gasteiger partial charge is 0.457 e. The highest BCUT2D eigenvalue weighted by Crippen LogP contribution is 2.40. The van der Waals surface area contributed by atoms with Crippen LogP contribution in [0.25, 0.3) is 0 Å². The van der Waals surface area contributed by atoms with Gasteiger partial charge in [-0.25, -0.2) is 0 Å². The fourth-order valence-electron chi connectivity index (χ4n) is 0.621. The molecule has 0 aromatic rings. The average molecular weight is 233 g/mol. The van der Waals surface area contributed by atoms with Gasteiger partial charge in [0.15, 0.2) is 0 Å². The van der Waals surface area contributed by atoms with Crippen molar-refractivity contribution in [1.29, 1.82) is 0 Å². The quantitative estimate of drug-likeness (QED) is 0.401. The molecule has 0 amide bonds. The molecule has 1 radical (unpaired) electrons. The van der Waals surface area contributed by atoms with Crippen molar-refractivity contribution in [2.24, 2.45) is 0 Å². The molecule has 0 aromatic heterocycles. The third kappa shape index (κ3) is 3.48. The van der Waals surface area contributed by atoms with E-state index in [1.165, 1.54) is 0 Å².